The minimum absolute atomic E-state index is 0. The Labute approximate surface area is 147 Å². The highest BCUT2D eigenvalue weighted by atomic mass is 127. The summed E-state index contributed by atoms with van der Waals surface area (Å²) in [5, 5.41) is 6.89. The maximum absolute atomic E-state index is 5.06. The zero-order valence-corrected chi connectivity index (χ0v) is 16.4. The fourth-order valence-electron chi connectivity index (χ4n) is 2.44. The van der Waals surface area contributed by atoms with Crippen molar-refractivity contribution in [3.05, 3.63) is 0 Å². The smallest absolute Gasteiger partial charge is 0.191 e. The summed E-state index contributed by atoms with van der Waals surface area (Å²) >= 11 is 0. The lowest BCUT2D eigenvalue weighted by molar-refractivity contribution is 0.180. The second-order valence-electron chi connectivity index (χ2n) is 5.68. The van der Waals surface area contributed by atoms with Gasteiger partial charge in [0, 0.05) is 46.4 Å². The van der Waals surface area contributed by atoms with E-state index in [2.05, 4.69) is 34.5 Å². The van der Waals surface area contributed by atoms with Crippen LogP contribution in [0.5, 0.6) is 0 Å². The predicted octanol–water partition coefficient (Wildman–Crippen LogP) is 1.93. The Kier molecular flexibility index (Phi) is 12.4. The lowest BCUT2D eigenvalue weighted by atomic mass is 10.2. The molecular formula is C15H33IN4O. The van der Waals surface area contributed by atoms with Crippen molar-refractivity contribution in [2.45, 2.75) is 38.6 Å². The average Bonchev–Trinajstić information content (AvgIpc) is 3.16. The number of halogens is 1. The monoisotopic (exact) mass is 412 g/mol. The molecule has 2 atom stereocenters. The van der Waals surface area contributed by atoms with E-state index in [1.54, 1.807) is 7.11 Å². The lowest BCUT2D eigenvalue weighted by Crippen LogP contribution is -2.42. The molecule has 0 amide bonds. The van der Waals surface area contributed by atoms with Crippen molar-refractivity contribution >= 4 is 29.9 Å². The first-order valence-electron chi connectivity index (χ1n) is 7.85. The van der Waals surface area contributed by atoms with Crippen molar-refractivity contribution in [2.24, 2.45) is 10.9 Å². The molecular weight excluding hydrogens is 379 g/mol. The molecule has 6 heteroatoms. The first kappa shape index (κ1) is 20.9. The Bertz CT molecular complexity index is 289. The quantitative estimate of drug-likeness (QED) is 0.249. The highest BCUT2D eigenvalue weighted by Crippen LogP contribution is 2.34. The van der Waals surface area contributed by atoms with Gasteiger partial charge in [0.05, 0.1) is 0 Å². The molecule has 2 N–H and O–H groups in total. The minimum atomic E-state index is 0. The maximum Gasteiger partial charge on any atom is 0.191 e. The number of nitrogens with one attached hydrogen (secondary N) is 2. The van der Waals surface area contributed by atoms with E-state index in [4.69, 9.17) is 4.74 Å². The van der Waals surface area contributed by atoms with Crippen LogP contribution in [0, 0.1) is 5.92 Å². The molecule has 0 aromatic rings. The third kappa shape index (κ3) is 9.52. The Morgan fingerprint density at radius 3 is 2.76 bits per heavy atom. The first-order valence-corrected chi connectivity index (χ1v) is 7.85. The van der Waals surface area contributed by atoms with E-state index in [0.717, 1.165) is 44.5 Å². The van der Waals surface area contributed by atoms with Crippen LogP contribution in [-0.2, 0) is 4.74 Å². The van der Waals surface area contributed by atoms with E-state index in [1.807, 2.05) is 7.05 Å². The number of aliphatic imine (C=N–C) groups is 1. The van der Waals surface area contributed by atoms with Crippen LogP contribution in [0.25, 0.3) is 0 Å². The third-order valence-electron chi connectivity index (χ3n) is 3.80. The van der Waals surface area contributed by atoms with Crippen LogP contribution in [0.3, 0.4) is 0 Å². The molecule has 0 aromatic heterocycles. The van der Waals surface area contributed by atoms with Gasteiger partial charge in [-0.3, -0.25) is 4.99 Å². The average molecular weight is 412 g/mol. The molecule has 0 saturated heterocycles. The third-order valence-corrected chi connectivity index (χ3v) is 3.80. The summed E-state index contributed by atoms with van der Waals surface area (Å²) in [4.78, 5) is 6.61. The Morgan fingerprint density at radius 1 is 1.38 bits per heavy atom. The van der Waals surface area contributed by atoms with E-state index in [9.17, 15) is 0 Å². The van der Waals surface area contributed by atoms with Crippen molar-refractivity contribution in [1.82, 2.24) is 15.5 Å². The zero-order chi connectivity index (χ0) is 14.8. The number of hydrogen-bond acceptors (Lipinski definition) is 3. The number of methoxy groups -OCH3 is 1. The number of rotatable bonds is 10. The minimum Gasteiger partial charge on any atom is -0.385 e. The van der Waals surface area contributed by atoms with E-state index in [0.29, 0.717) is 6.04 Å². The van der Waals surface area contributed by atoms with E-state index in [1.165, 1.54) is 19.3 Å². The molecule has 21 heavy (non-hydrogen) atoms. The van der Waals surface area contributed by atoms with Crippen LogP contribution in [-0.4, -0.2) is 64.3 Å². The van der Waals surface area contributed by atoms with Gasteiger partial charge in [-0.25, -0.2) is 0 Å². The normalized spacial score (nSPS) is 21.1. The van der Waals surface area contributed by atoms with Crippen molar-refractivity contribution in [1.29, 1.82) is 0 Å². The van der Waals surface area contributed by atoms with Gasteiger partial charge in [-0.2, -0.15) is 0 Å². The van der Waals surface area contributed by atoms with Gasteiger partial charge in [0.1, 0.15) is 0 Å². The molecule has 1 aliphatic carbocycles. The number of nitrogens with zero attached hydrogens (tertiary/aromatic N) is 2. The molecule has 2 unspecified atom stereocenters. The molecule has 5 nitrogen and oxygen atoms in total. The van der Waals surface area contributed by atoms with E-state index < -0.39 is 0 Å². The van der Waals surface area contributed by atoms with Crippen molar-refractivity contribution in [3.63, 3.8) is 0 Å². The molecule has 1 rings (SSSR count). The molecule has 1 saturated carbocycles. The molecule has 1 aliphatic rings. The molecule has 0 heterocycles. The molecule has 0 bridgehead atoms. The van der Waals surface area contributed by atoms with Crippen LogP contribution in [0.2, 0.25) is 0 Å². The van der Waals surface area contributed by atoms with Crippen molar-refractivity contribution in [3.8, 4) is 0 Å². The zero-order valence-electron chi connectivity index (χ0n) is 14.0. The fraction of sp³-hybridized carbons (Fsp3) is 0.933. The Balaban J connectivity index is 0.00000400. The Morgan fingerprint density at radius 2 is 2.14 bits per heavy atom. The van der Waals surface area contributed by atoms with Crippen molar-refractivity contribution < 1.29 is 4.74 Å². The van der Waals surface area contributed by atoms with Gasteiger partial charge in [0.25, 0.3) is 0 Å². The second kappa shape index (κ2) is 12.5. The summed E-state index contributed by atoms with van der Waals surface area (Å²) in [7, 11) is 5.74. The summed E-state index contributed by atoms with van der Waals surface area (Å²) in [6.45, 7) is 6.11. The Hall–Kier alpha value is -0.0800. The molecule has 0 aliphatic heterocycles. The second-order valence-corrected chi connectivity index (χ2v) is 5.68. The molecule has 0 aromatic carbocycles. The van der Waals surface area contributed by atoms with Gasteiger partial charge in [0.15, 0.2) is 5.96 Å². The van der Waals surface area contributed by atoms with E-state index in [-0.39, 0.29) is 24.0 Å². The lowest BCUT2D eigenvalue weighted by Gasteiger charge is -2.18. The van der Waals surface area contributed by atoms with Crippen LogP contribution >= 0.6 is 24.0 Å². The SMILES string of the molecule is CCCC1CC1NC(=NC)NCCN(C)CCCOC.I. The first-order chi connectivity index (χ1) is 9.71. The summed E-state index contributed by atoms with van der Waals surface area (Å²) in [5.74, 6) is 1.80. The number of likely N-dealkylation sites (N-methyl/N-ethyl adjacent to an activating group) is 1. The van der Waals surface area contributed by atoms with Gasteiger partial charge in [0.2, 0.25) is 0 Å². The summed E-state index contributed by atoms with van der Waals surface area (Å²) < 4.78 is 5.06. The number of ether oxygens (including phenoxy) is 1. The van der Waals surface area contributed by atoms with Gasteiger partial charge in [-0.1, -0.05) is 13.3 Å². The standard InChI is InChI=1S/C15H32N4O.HI/c1-5-7-13-12-14(13)18-15(16-2)17-8-10-19(3)9-6-11-20-4;/h13-14H,5-12H2,1-4H3,(H2,16,17,18);1H. The number of guanidine groups is 1. The largest absolute Gasteiger partial charge is 0.385 e. The van der Waals surface area contributed by atoms with Crippen LogP contribution in [0.15, 0.2) is 4.99 Å². The highest BCUT2D eigenvalue weighted by Gasteiger charge is 2.36. The fourth-order valence-corrected chi connectivity index (χ4v) is 2.44. The molecule has 0 radical (unpaired) electrons. The van der Waals surface area contributed by atoms with E-state index >= 15 is 0 Å². The van der Waals surface area contributed by atoms with Crippen LogP contribution in [0.4, 0.5) is 0 Å². The summed E-state index contributed by atoms with van der Waals surface area (Å²) in [6.07, 6.45) is 4.99. The van der Waals surface area contributed by atoms with Crippen LogP contribution in [0.1, 0.15) is 32.6 Å². The summed E-state index contributed by atoms with van der Waals surface area (Å²) in [5.41, 5.74) is 0. The molecule has 0 spiro atoms. The van der Waals surface area contributed by atoms with Crippen LogP contribution < -0.4 is 10.6 Å². The topological polar surface area (TPSA) is 48.9 Å². The maximum atomic E-state index is 5.06. The van der Waals surface area contributed by atoms with Gasteiger partial charge in [-0.05, 0) is 32.2 Å². The van der Waals surface area contributed by atoms with Crippen molar-refractivity contribution in [2.75, 3.05) is 47.4 Å². The summed E-state index contributed by atoms with van der Waals surface area (Å²) in [6, 6.07) is 0.639. The van der Waals surface area contributed by atoms with Gasteiger partial charge in [-0.15, -0.1) is 24.0 Å². The predicted molar refractivity (Wildman–Crippen MR) is 101 cm³/mol. The van der Waals surface area contributed by atoms with Gasteiger partial charge >= 0.3 is 0 Å². The van der Waals surface area contributed by atoms with Gasteiger partial charge < -0.3 is 20.3 Å². The highest BCUT2D eigenvalue weighted by molar-refractivity contribution is 14.0. The molecule has 1 fully saturated rings. The molecule has 126 valence electrons. The number of hydrogen-bond donors (Lipinski definition) is 2.